The average Bonchev–Trinajstić information content (AvgIpc) is 2.29. The van der Waals surface area contributed by atoms with Crippen LogP contribution in [0.5, 0.6) is 0 Å². The molecular formula is C10H13ClN6. The van der Waals surface area contributed by atoms with Crippen LogP contribution in [0.1, 0.15) is 12.6 Å². The Kier molecular flexibility index (Phi) is 4.47. The molecule has 0 radical (unpaired) electrons. The quantitative estimate of drug-likeness (QED) is 0.704. The Hall–Kier alpha value is -2.08. The van der Waals surface area contributed by atoms with Crippen LogP contribution in [-0.2, 0) is 0 Å². The van der Waals surface area contributed by atoms with Crippen LogP contribution in [0.3, 0.4) is 0 Å². The minimum atomic E-state index is 0.0897. The fraction of sp³-hybridized carbons (Fsp3) is 0.100. The van der Waals surface area contributed by atoms with Crippen molar-refractivity contribution in [2.75, 3.05) is 11.5 Å². The first-order valence-corrected chi connectivity index (χ1v) is 5.11. The highest BCUT2D eigenvalue weighted by Gasteiger charge is 2.09. The van der Waals surface area contributed by atoms with E-state index in [1.807, 2.05) is 6.92 Å². The summed E-state index contributed by atoms with van der Waals surface area (Å²) in [6.07, 6.45) is 4.80. The lowest BCUT2D eigenvalue weighted by atomic mass is 10.3. The molecule has 0 aliphatic rings. The Labute approximate surface area is 104 Å². The number of aromatic nitrogens is 2. The van der Waals surface area contributed by atoms with Crippen LogP contribution >= 0.6 is 11.6 Å². The fourth-order valence-electron chi connectivity index (χ4n) is 0.999. The van der Waals surface area contributed by atoms with Crippen LogP contribution < -0.4 is 16.8 Å². The Bertz CT molecular complexity index is 480. The Balaban J connectivity index is 2.86. The predicted molar refractivity (Wildman–Crippen MR) is 71.3 cm³/mol. The van der Waals surface area contributed by atoms with Crippen molar-refractivity contribution in [3.8, 4) is 0 Å². The third-order valence-electron chi connectivity index (χ3n) is 1.76. The molecule has 0 saturated carbocycles. The second-order valence-corrected chi connectivity index (χ2v) is 3.34. The van der Waals surface area contributed by atoms with Gasteiger partial charge in [0.05, 0.1) is 5.70 Å². The third-order valence-corrected chi connectivity index (χ3v) is 2.04. The van der Waals surface area contributed by atoms with Crippen molar-refractivity contribution in [2.24, 2.45) is 4.99 Å². The van der Waals surface area contributed by atoms with Gasteiger partial charge in [-0.25, -0.2) is 9.97 Å². The second kappa shape index (κ2) is 5.86. The summed E-state index contributed by atoms with van der Waals surface area (Å²) in [5, 5.41) is 2.94. The number of aliphatic imine (C=N–C) groups is 1. The molecule has 6 nitrogen and oxygen atoms in total. The maximum absolute atomic E-state index is 5.75. The first-order valence-electron chi connectivity index (χ1n) is 4.73. The number of nitrogens with one attached hydrogen (secondary N) is 1. The van der Waals surface area contributed by atoms with Gasteiger partial charge in [0.1, 0.15) is 5.69 Å². The second-order valence-electron chi connectivity index (χ2n) is 2.98. The molecule has 0 atom stereocenters. The van der Waals surface area contributed by atoms with Crippen LogP contribution in [0.2, 0.25) is 5.15 Å². The van der Waals surface area contributed by atoms with E-state index >= 15 is 0 Å². The van der Waals surface area contributed by atoms with E-state index in [0.29, 0.717) is 11.4 Å². The largest absolute Gasteiger partial charge is 0.382 e. The van der Waals surface area contributed by atoms with Crippen LogP contribution in [0.4, 0.5) is 11.6 Å². The van der Waals surface area contributed by atoms with E-state index in [4.69, 9.17) is 23.1 Å². The number of nitrogen functional groups attached to an aromatic ring is 2. The molecule has 1 aromatic rings. The Morgan fingerprint density at radius 2 is 2.12 bits per heavy atom. The molecule has 0 aliphatic carbocycles. The molecule has 17 heavy (non-hydrogen) atoms. The van der Waals surface area contributed by atoms with E-state index in [9.17, 15) is 0 Å². The molecule has 90 valence electrons. The van der Waals surface area contributed by atoms with E-state index in [-0.39, 0.29) is 16.8 Å². The van der Waals surface area contributed by atoms with Gasteiger partial charge in [0.2, 0.25) is 0 Å². The molecule has 7 heteroatoms. The number of hydrogen-bond acceptors (Lipinski definition) is 6. The number of hydrogen-bond donors (Lipinski definition) is 3. The normalized spacial score (nSPS) is 11.2. The molecule has 5 N–H and O–H groups in total. The molecule has 0 amide bonds. The number of nitrogens with zero attached hydrogens (tertiary/aromatic N) is 3. The smallest absolute Gasteiger partial charge is 0.172 e. The van der Waals surface area contributed by atoms with E-state index in [1.54, 1.807) is 18.6 Å². The number of rotatable bonds is 4. The van der Waals surface area contributed by atoms with E-state index < -0.39 is 0 Å². The minimum absolute atomic E-state index is 0.0897. The summed E-state index contributed by atoms with van der Waals surface area (Å²) in [5.41, 5.74) is 11.9. The van der Waals surface area contributed by atoms with Crippen molar-refractivity contribution in [1.29, 1.82) is 0 Å². The molecule has 0 aliphatic heterocycles. The first kappa shape index (κ1) is 13.0. The zero-order chi connectivity index (χ0) is 12.8. The summed E-state index contributed by atoms with van der Waals surface area (Å²) in [6, 6.07) is 0. The highest BCUT2D eigenvalue weighted by Crippen LogP contribution is 2.20. The fourth-order valence-corrected chi connectivity index (χ4v) is 1.13. The van der Waals surface area contributed by atoms with E-state index in [0.717, 1.165) is 0 Å². The maximum atomic E-state index is 5.75. The van der Waals surface area contributed by atoms with E-state index in [1.165, 1.54) is 0 Å². The number of halogens is 1. The van der Waals surface area contributed by atoms with Crippen LogP contribution in [0, 0.1) is 0 Å². The molecule has 0 unspecified atom stereocenters. The van der Waals surface area contributed by atoms with Crippen LogP contribution in [0.15, 0.2) is 24.0 Å². The number of anilines is 2. The van der Waals surface area contributed by atoms with Crippen LogP contribution in [0.25, 0.3) is 5.70 Å². The van der Waals surface area contributed by atoms with Gasteiger partial charge in [-0.2, -0.15) is 0 Å². The molecule has 0 saturated heterocycles. The van der Waals surface area contributed by atoms with Crippen molar-refractivity contribution in [3.05, 3.63) is 29.8 Å². The van der Waals surface area contributed by atoms with Crippen molar-refractivity contribution < 1.29 is 0 Å². The van der Waals surface area contributed by atoms with Gasteiger partial charge >= 0.3 is 0 Å². The van der Waals surface area contributed by atoms with Crippen LogP contribution in [-0.4, -0.2) is 16.2 Å². The van der Waals surface area contributed by atoms with Gasteiger partial charge in [0, 0.05) is 18.6 Å². The topological polar surface area (TPSA) is 102 Å². The van der Waals surface area contributed by atoms with Gasteiger partial charge in [0.15, 0.2) is 16.8 Å². The lowest BCUT2D eigenvalue weighted by molar-refractivity contribution is 1.12. The molecule has 0 fully saturated rings. The third kappa shape index (κ3) is 3.46. The van der Waals surface area contributed by atoms with Gasteiger partial charge in [-0.05, 0) is 6.92 Å². The zero-order valence-electron chi connectivity index (χ0n) is 9.31. The molecule has 0 spiro atoms. The van der Waals surface area contributed by atoms with Gasteiger partial charge in [-0.3, -0.25) is 4.99 Å². The van der Waals surface area contributed by atoms with Gasteiger partial charge in [-0.1, -0.05) is 18.2 Å². The molecular weight excluding hydrogens is 240 g/mol. The summed E-state index contributed by atoms with van der Waals surface area (Å²) in [4.78, 5) is 11.7. The lowest BCUT2D eigenvalue weighted by Gasteiger charge is -2.08. The average molecular weight is 253 g/mol. The maximum Gasteiger partial charge on any atom is 0.172 e. The summed E-state index contributed by atoms with van der Waals surface area (Å²) >= 11 is 5.75. The lowest BCUT2D eigenvalue weighted by Crippen LogP contribution is -2.10. The summed E-state index contributed by atoms with van der Waals surface area (Å²) in [6.45, 7) is 5.57. The molecule has 1 rings (SSSR count). The zero-order valence-corrected chi connectivity index (χ0v) is 10.1. The molecule has 0 bridgehead atoms. The van der Waals surface area contributed by atoms with Crippen molar-refractivity contribution >= 4 is 35.1 Å². The van der Waals surface area contributed by atoms with Crippen molar-refractivity contribution in [1.82, 2.24) is 15.3 Å². The monoisotopic (exact) mass is 252 g/mol. The molecule has 0 aromatic carbocycles. The van der Waals surface area contributed by atoms with Gasteiger partial charge < -0.3 is 16.8 Å². The first-order chi connectivity index (χ1) is 8.06. The van der Waals surface area contributed by atoms with Gasteiger partial charge in [-0.15, -0.1) is 0 Å². The predicted octanol–water partition coefficient (Wildman–Crippen LogP) is 1.42. The summed E-state index contributed by atoms with van der Waals surface area (Å²) < 4.78 is 0. The molecule has 1 heterocycles. The van der Waals surface area contributed by atoms with Crippen molar-refractivity contribution in [3.63, 3.8) is 0 Å². The SMILES string of the molecule is C=C(N/C=C\N=CC)c1nc(Cl)c(N)nc1N. The minimum Gasteiger partial charge on any atom is -0.382 e. The molecule has 1 aromatic heterocycles. The van der Waals surface area contributed by atoms with Crippen molar-refractivity contribution in [2.45, 2.75) is 6.92 Å². The summed E-state index contributed by atoms with van der Waals surface area (Å²) in [5.74, 6) is 0.253. The Morgan fingerprint density at radius 1 is 1.41 bits per heavy atom. The number of nitrogens with two attached hydrogens (primary N) is 2. The van der Waals surface area contributed by atoms with E-state index in [2.05, 4.69) is 26.9 Å². The Morgan fingerprint density at radius 3 is 2.76 bits per heavy atom. The van der Waals surface area contributed by atoms with Gasteiger partial charge in [0.25, 0.3) is 0 Å². The summed E-state index contributed by atoms with van der Waals surface area (Å²) in [7, 11) is 0. The highest BCUT2D eigenvalue weighted by atomic mass is 35.5. The standard InChI is InChI=1S/C10H13ClN6/c1-3-14-4-5-15-6(2)7-9(12)17-10(13)8(11)16-7/h3-5,15H,2H2,1H3,(H4,12,13,17)/b5-4-,14-3?. The highest BCUT2D eigenvalue weighted by molar-refractivity contribution is 6.31.